The summed E-state index contributed by atoms with van der Waals surface area (Å²) in [5.41, 5.74) is 0.633. The molecular weight excluding hydrogens is 306 g/mol. The monoisotopic (exact) mass is 319 g/mol. The van der Waals surface area contributed by atoms with Gasteiger partial charge in [0.2, 0.25) is 0 Å². The number of rotatable bonds is 6. The van der Waals surface area contributed by atoms with Gasteiger partial charge in [0.25, 0.3) is 5.91 Å². The van der Waals surface area contributed by atoms with Crippen molar-refractivity contribution >= 4 is 39.1 Å². The van der Waals surface area contributed by atoms with Crippen molar-refractivity contribution in [2.24, 2.45) is 5.92 Å². The van der Waals surface area contributed by atoms with Gasteiger partial charge in [-0.1, -0.05) is 6.92 Å². The van der Waals surface area contributed by atoms with Crippen LogP contribution in [0.2, 0.25) is 0 Å². The van der Waals surface area contributed by atoms with Crippen molar-refractivity contribution in [3.8, 4) is 0 Å². The van der Waals surface area contributed by atoms with Crippen LogP contribution in [0.15, 0.2) is 15.2 Å². The van der Waals surface area contributed by atoms with Gasteiger partial charge in [0.15, 0.2) is 0 Å². The van der Waals surface area contributed by atoms with Crippen LogP contribution in [0.3, 0.4) is 0 Å². The molecule has 0 fully saturated rings. The van der Waals surface area contributed by atoms with Crippen LogP contribution in [0.1, 0.15) is 30.1 Å². The molecule has 1 aromatic rings. The highest BCUT2D eigenvalue weighted by molar-refractivity contribution is 9.11. The van der Waals surface area contributed by atoms with Gasteiger partial charge < -0.3 is 10.4 Å². The quantitative estimate of drug-likeness (QED) is 0.792. The van der Waals surface area contributed by atoms with Gasteiger partial charge in [-0.15, -0.1) is 11.3 Å². The van der Waals surface area contributed by atoms with E-state index in [1.54, 1.807) is 18.4 Å². The Kier molecular flexibility index (Phi) is 5.64. The molecule has 0 aromatic carbocycles. The molecular formula is C11H14BrNO3S. The van der Waals surface area contributed by atoms with E-state index in [9.17, 15) is 9.59 Å². The number of carbonyl (C=O) groups excluding carboxylic acids is 1. The number of carbonyl (C=O) groups is 2. The fourth-order valence-electron chi connectivity index (χ4n) is 1.26. The molecule has 0 bridgehead atoms. The maximum atomic E-state index is 11.6. The molecule has 1 amide bonds. The van der Waals surface area contributed by atoms with Crippen LogP contribution >= 0.6 is 27.3 Å². The van der Waals surface area contributed by atoms with Crippen LogP contribution in [-0.2, 0) is 4.79 Å². The predicted molar refractivity (Wildman–Crippen MR) is 70.4 cm³/mol. The summed E-state index contributed by atoms with van der Waals surface area (Å²) in [6, 6.07) is 1.76. The van der Waals surface area contributed by atoms with E-state index in [1.807, 2.05) is 0 Å². The van der Waals surface area contributed by atoms with Crippen molar-refractivity contribution in [2.75, 3.05) is 6.54 Å². The number of halogens is 1. The van der Waals surface area contributed by atoms with E-state index in [0.29, 0.717) is 24.9 Å². The molecule has 1 heterocycles. The van der Waals surface area contributed by atoms with E-state index in [1.165, 1.54) is 11.3 Å². The van der Waals surface area contributed by atoms with Crippen molar-refractivity contribution in [1.29, 1.82) is 0 Å². The second kappa shape index (κ2) is 6.76. The summed E-state index contributed by atoms with van der Waals surface area (Å²) in [6.07, 6.45) is 1.24. The van der Waals surface area contributed by atoms with Gasteiger partial charge in [-0.25, -0.2) is 0 Å². The first-order valence-corrected chi connectivity index (χ1v) is 6.93. The lowest BCUT2D eigenvalue weighted by atomic mass is 10.1. The lowest BCUT2D eigenvalue weighted by molar-refractivity contribution is -0.141. The molecule has 6 heteroatoms. The molecule has 0 aliphatic rings. The summed E-state index contributed by atoms with van der Waals surface area (Å²) in [5.74, 6) is -1.27. The molecule has 1 atom stereocenters. The zero-order chi connectivity index (χ0) is 12.8. The Morgan fingerprint density at radius 1 is 1.59 bits per heavy atom. The molecule has 1 rings (SSSR count). The lowest BCUT2D eigenvalue weighted by Crippen LogP contribution is -2.24. The highest BCUT2D eigenvalue weighted by atomic mass is 79.9. The number of carboxylic acid groups (broad SMARTS) is 1. The molecule has 0 aliphatic heterocycles. The number of thiophene rings is 1. The molecule has 0 aliphatic carbocycles. The van der Waals surface area contributed by atoms with Gasteiger partial charge in [-0.2, -0.15) is 0 Å². The zero-order valence-electron chi connectivity index (χ0n) is 9.40. The summed E-state index contributed by atoms with van der Waals surface area (Å²) in [6.45, 7) is 2.17. The first kappa shape index (κ1) is 14.2. The second-order valence-corrected chi connectivity index (χ2v) is 6.07. The summed E-state index contributed by atoms with van der Waals surface area (Å²) in [4.78, 5) is 22.2. The Morgan fingerprint density at radius 3 is 2.82 bits per heavy atom. The van der Waals surface area contributed by atoms with Crippen molar-refractivity contribution in [3.63, 3.8) is 0 Å². The van der Waals surface area contributed by atoms with Crippen LogP contribution in [0.5, 0.6) is 0 Å². The number of nitrogens with one attached hydrogen (secondary N) is 1. The van der Waals surface area contributed by atoms with E-state index in [4.69, 9.17) is 5.11 Å². The van der Waals surface area contributed by atoms with E-state index in [0.717, 1.165) is 3.79 Å². The highest BCUT2D eigenvalue weighted by Gasteiger charge is 2.11. The molecule has 0 radical (unpaired) electrons. The lowest BCUT2D eigenvalue weighted by Gasteiger charge is -2.06. The van der Waals surface area contributed by atoms with Gasteiger partial charge in [0.05, 0.1) is 15.3 Å². The minimum atomic E-state index is -0.793. The maximum Gasteiger partial charge on any atom is 0.306 e. The first-order valence-electron chi connectivity index (χ1n) is 5.25. The summed E-state index contributed by atoms with van der Waals surface area (Å²) < 4.78 is 0.919. The molecule has 4 nitrogen and oxygen atoms in total. The largest absolute Gasteiger partial charge is 0.481 e. The van der Waals surface area contributed by atoms with Crippen LogP contribution in [0.25, 0.3) is 0 Å². The average Bonchev–Trinajstić information content (AvgIpc) is 2.70. The van der Waals surface area contributed by atoms with Crippen LogP contribution in [0.4, 0.5) is 0 Å². The van der Waals surface area contributed by atoms with Crippen LogP contribution in [-0.4, -0.2) is 23.5 Å². The Morgan fingerprint density at radius 2 is 2.29 bits per heavy atom. The minimum Gasteiger partial charge on any atom is -0.481 e. The number of aliphatic carboxylic acids is 1. The fraction of sp³-hybridized carbons (Fsp3) is 0.455. The maximum absolute atomic E-state index is 11.6. The van der Waals surface area contributed by atoms with Crippen LogP contribution < -0.4 is 5.32 Å². The highest BCUT2D eigenvalue weighted by Crippen LogP contribution is 2.20. The Balaban J connectivity index is 2.23. The molecule has 0 saturated carbocycles. The van der Waals surface area contributed by atoms with E-state index in [-0.39, 0.29) is 11.8 Å². The Hall–Kier alpha value is -0.880. The average molecular weight is 320 g/mol. The number of hydrogen-bond donors (Lipinski definition) is 2. The number of carboxylic acids is 1. The molecule has 94 valence electrons. The van der Waals surface area contributed by atoms with Gasteiger partial charge in [0, 0.05) is 11.9 Å². The summed E-state index contributed by atoms with van der Waals surface area (Å²) in [5, 5.41) is 13.2. The molecule has 1 unspecified atom stereocenters. The van der Waals surface area contributed by atoms with Gasteiger partial charge in [-0.05, 0) is 34.8 Å². The third kappa shape index (κ3) is 4.87. The van der Waals surface area contributed by atoms with Crippen molar-refractivity contribution in [2.45, 2.75) is 19.8 Å². The SMILES string of the molecule is CC(CCCNC(=O)c1csc(Br)c1)C(=O)O. The van der Waals surface area contributed by atoms with E-state index >= 15 is 0 Å². The Labute approximate surface area is 112 Å². The normalized spacial score (nSPS) is 12.1. The molecule has 0 spiro atoms. The van der Waals surface area contributed by atoms with Gasteiger partial charge in [-0.3, -0.25) is 9.59 Å². The van der Waals surface area contributed by atoms with Crippen molar-refractivity contribution in [3.05, 3.63) is 20.8 Å². The first-order chi connectivity index (χ1) is 8.00. The third-order valence-corrected chi connectivity index (χ3v) is 3.86. The summed E-state index contributed by atoms with van der Waals surface area (Å²) in [7, 11) is 0. The number of amides is 1. The topological polar surface area (TPSA) is 66.4 Å². The second-order valence-electron chi connectivity index (χ2n) is 3.78. The smallest absolute Gasteiger partial charge is 0.306 e. The van der Waals surface area contributed by atoms with Crippen molar-refractivity contribution < 1.29 is 14.7 Å². The van der Waals surface area contributed by atoms with Crippen LogP contribution in [0, 0.1) is 5.92 Å². The van der Waals surface area contributed by atoms with E-state index < -0.39 is 5.97 Å². The summed E-state index contributed by atoms with van der Waals surface area (Å²) >= 11 is 4.75. The molecule has 0 saturated heterocycles. The Bertz CT molecular complexity index is 405. The van der Waals surface area contributed by atoms with Gasteiger partial charge >= 0.3 is 5.97 Å². The predicted octanol–water partition coefficient (Wildman–Crippen LogP) is 2.74. The van der Waals surface area contributed by atoms with Gasteiger partial charge in [0.1, 0.15) is 0 Å². The minimum absolute atomic E-state index is 0.116. The molecule has 2 N–H and O–H groups in total. The molecule has 17 heavy (non-hydrogen) atoms. The van der Waals surface area contributed by atoms with Crippen molar-refractivity contribution in [1.82, 2.24) is 5.32 Å². The van der Waals surface area contributed by atoms with E-state index in [2.05, 4.69) is 21.2 Å². The fourth-order valence-corrected chi connectivity index (χ4v) is 2.40. The molecule has 1 aromatic heterocycles. The third-order valence-electron chi connectivity index (χ3n) is 2.35. The standard InChI is InChI=1S/C11H14BrNO3S/c1-7(11(15)16)3-2-4-13-10(14)8-5-9(12)17-6-8/h5-7H,2-4H2,1H3,(H,13,14)(H,15,16). The number of hydrogen-bond acceptors (Lipinski definition) is 3. The zero-order valence-corrected chi connectivity index (χ0v) is 11.8.